The van der Waals surface area contributed by atoms with E-state index >= 15 is 0 Å². The van der Waals surface area contributed by atoms with Crippen LogP contribution in [0.5, 0.6) is 10.9 Å². The highest BCUT2D eigenvalue weighted by Crippen LogP contribution is 2.32. The number of hydrogen-bond donors (Lipinski definition) is 0. The first kappa shape index (κ1) is 18.5. The van der Waals surface area contributed by atoms with Gasteiger partial charge in [-0.05, 0) is 30.5 Å². The fourth-order valence-electron chi connectivity index (χ4n) is 4.21. The number of methoxy groups -OCH3 is 1. The Morgan fingerprint density at radius 2 is 2.00 bits per heavy atom. The van der Waals surface area contributed by atoms with Crippen molar-refractivity contribution >= 4 is 27.5 Å². The third-order valence-electron chi connectivity index (χ3n) is 5.88. The van der Waals surface area contributed by atoms with Gasteiger partial charge in [0.15, 0.2) is 0 Å². The summed E-state index contributed by atoms with van der Waals surface area (Å²) >= 11 is 1.56. The van der Waals surface area contributed by atoms with Crippen molar-refractivity contribution < 1.29 is 14.3 Å². The van der Waals surface area contributed by atoms with Gasteiger partial charge in [0.1, 0.15) is 11.9 Å². The molecule has 0 atom stereocenters. The van der Waals surface area contributed by atoms with Gasteiger partial charge in [-0.2, -0.15) is 0 Å². The average Bonchev–Trinajstić information content (AvgIpc) is 3.35. The van der Waals surface area contributed by atoms with Crippen LogP contribution in [0.2, 0.25) is 0 Å². The van der Waals surface area contributed by atoms with Gasteiger partial charge in [-0.15, -0.1) is 0 Å². The fraction of sp³-hybridized carbons (Fsp3) is 0.619. The molecule has 6 heteroatoms. The molecule has 1 aliphatic carbocycles. The van der Waals surface area contributed by atoms with Crippen LogP contribution < -0.4 is 9.47 Å². The fourth-order valence-corrected chi connectivity index (χ4v) is 5.12. The van der Waals surface area contributed by atoms with Crippen LogP contribution in [0.15, 0.2) is 18.2 Å². The van der Waals surface area contributed by atoms with Gasteiger partial charge in [0.25, 0.3) is 5.19 Å². The molecule has 146 valence electrons. The first-order chi connectivity index (χ1) is 13.2. The Morgan fingerprint density at radius 3 is 2.74 bits per heavy atom. The first-order valence-electron chi connectivity index (χ1n) is 10.1. The van der Waals surface area contributed by atoms with Crippen molar-refractivity contribution in [2.24, 2.45) is 5.92 Å². The van der Waals surface area contributed by atoms with Crippen molar-refractivity contribution in [3.05, 3.63) is 18.2 Å². The molecular formula is C21H28N2O3S. The second kappa shape index (κ2) is 8.46. The lowest BCUT2D eigenvalue weighted by molar-refractivity contribution is -0.133. The zero-order valence-electron chi connectivity index (χ0n) is 16.0. The highest BCUT2D eigenvalue weighted by atomic mass is 32.1. The summed E-state index contributed by atoms with van der Waals surface area (Å²) in [5.41, 5.74) is 0.940. The van der Waals surface area contributed by atoms with Gasteiger partial charge >= 0.3 is 0 Å². The number of likely N-dealkylation sites (tertiary alicyclic amines) is 1. The molecule has 1 aliphatic heterocycles. The van der Waals surface area contributed by atoms with Crippen LogP contribution in [0, 0.1) is 5.92 Å². The molecule has 2 aromatic rings. The molecular weight excluding hydrogens is 360 g/mol. The number of ether oxygens (including phenoxy) is 2. The number of amides is 1. The molecule has 27 heavy (non-hydrogen) atoms. The number of aromatic nitrogens is 1. The van der Waals surface area contributed by atoms with E-state index in [1.807, 2.05) is 23.1 Å². The van der Waals surface area contributed by atoms with E-state index in [0.29, 0.717) is 11.1 Å². The van der Waals surface area contributed by atoms with Gasteiger partial charge in [-0.3, -0.25) is 4.79 Å². The minimum absolute atomic E-state index is 0.145. The monoisotopic (exact) mass is 388 g/mol. The number of carbonyl (C=O) groups is 1. The molecule has 1 amide bonds. The standard InChI is InChI=1S/C21H28N2O3S/c1-25-17-7-8-18-19(14-17)27-21(22-18)26-16-10-12-23(13-11-16)20(24)9-6-15-4-2-3-5-15/h7-8,14-16H,2-6,9-13H2,1H3. The summed E-state index contributed by atoms with van der Waals surface area (Å²) in [6.07, 6.45) is 9.03. The average molecular weight is 389 g/mol. The van der Waals surface area contributed by atoms with Gasteiger partial charge in [0, 0.05) is 32.4 Å². The molecule has 0 bridgehead atoms. The number of hydrogen-bond acceptors (Lipinski definition) is 5. The first-order valence-corrected chi connectivity index (χ1v) is 10.9. The van der Waals surface area contributed by atoms with Gasteiger partial charge in [0.05, 0.1) is 17.3 Å². The van der Waals surface area contributed by atoms with Gasteiger partial charge < -0.3 is 14.4 Å². The summed E-state index contributed by atoms with van der Waals surface area (Å²) in [5, 5.41) is 0.712. The molecule has 0 N–H and O–H groups in total. The predicted octanol–water partition coefficient (Wildman–Crippen LogP) is 4.65. The van der Waals surface area contributed by atoms with Crippen LogP contribution in [0.3, 0.4) is 0 Å². The van der Waals surface area contributed by atoms with Crippen molar-refractivity contribution in [1.82, 2.24) is 9.88 Å². The molecule has 2 fully saturated rings. The summed E-state index contributed by atoms with van der Waals surface area (Å²) in [6.45, 7) is 1.60. The third-order valence-corrected chi connectivity index (χ3v) is 6.79. The molecule has 4 rings (SSSR count). The second-order valence-corrected chi connectivity index (χ2v) is 8.69. The van der Waals surface area contributed by atoms with E-state index in [9.17, 15) is 4.79 Å². The van der Waals surface area contributed by atoms with Crippen LogP contribution in [-0.2, 0) is 4.79 Å². The molecule has 1 aromatic heterocycles. The lowest BCUT2D eigenvalue weighted by Crippen LogP contribution is -2.41. The highest BCUT2D eigenvalue weighted by molar-refractivity contribution is 7.20. The Morgan fingerprint density at radius 1 is 1.22 bits per heavy atom. The van der Waals surface area contributed by atoms with E-state index in [0.717, 1.165) is 60.7 Å². The number of rotatable bonds is 6. The molecule has 0 spiro atoms. The van der Waals surface area contributed by atoms with E-state index in [4.69, 9.17) is 9.47 Å². The number of benzene rings is 1. The number of nitrogens with zero attached hydrogens (tertiary/aromatic N) is 2. The Balaban J connectivity index is 1.26. The minimum atomic E-state index is 0.145. The summed E-state index contributed by atoms with van der Waals surface area (Å²) in [5.74, 6) is 1.95. The largest absolute Gasteiger partial charge is 0.497 e. The summed E-state index contributed by atoms with van der Waals surface area (Å²) in [7, 11) is 1.67. The Labute approximate surface area is 164 Å². The maximum absolute atomic E-state index is 12.5. The minimum Gasteiger partial charge on any atom is -0.497 e. The molecule has 5 nitrogen and oxygen atoms in total. The maximum Gasteiger partial charge on any atom is 0.274 e. The summed E-state index contributed by atoms with van der Waals surface area (Å²) in [4.78, 5) is 19.1. The number of carbonyl (C=O) groups excluding carboxylic acids is 1. The SMILES string of the molecule is COc1ccc2nc(OC3CCN(C(=O)CCC4CCCC4)CC3)sc2c1. The van der Waals surface area contributed by atoms with Crippen molar-refractivity contribution in [3.63, 3.8) is 0 Å². The van der Waals surface area contributed by atoms with E-state index in [2.05, 4.69) is 4.98 Å². The van der Waals surface area contributed by atoms with Crippen LogP contribution in [0.25, 0.3) is 10.2 Å². The third kappa shape index (κ3) is 4.54. The van der Waals surface area contributed by atoms with Crippen LogP contribution in [0.4, 0.5) is 0 Å². The highest BCUT2D eigenvalue weighted by Gasteiger charge is 2.25. The molecule has 2 heterocycles. The maximum atomic E-state index is 12.5. The topological polar surface area (TPSA) is 51.7 Å². The Bertz CT molecular complexity index is 777. The Hall–Kier alpha value is -1.82. The van der Waals surface area contributed by atoms with Crippen LogP contribution >= 0.6 is 11.3 Å². The van der Waals surface area contributed by atoms with Gasteiger partial charge in [-0.25, -0.2) is 4.98 Å². The smallest absolute Gasteiger partial charge is 0.274 e. The lowest BCUT2D eigenvalue weighted by Gasteiger charge is -2.32. The zero-order chi connectivity index (χ0) is 18.6. The number of piperidine rings is 1. The van der Waals surface area contributed by atoms with E-state index in [1.54, 1.807) is 18.4 Å². The van der Waals surface area contributed by atoms with E-state index in [1.165, 1.54) is 25.7 Å². The van der Waals surface area contributed by atoms with Crippen LogP contribution in [-0.4, -0.2) is 42.1 Å². The number of fused-ring (bicyclic) bond motifs is 1. The van der Waals surface area contributed by atoms with Crippen molar-refractivity contribution in [2.45, 2.75) is 57.5 Å². The normalized spacial score (nSPS) is 18.9. The second-order valence-electron chi connectivity index (χ2n) is 7.70. The number of thiazole rings is 1. The molecule has 0 unspecified atom stereocenters. The molecule has 0 radical (unpaired) electrons. The van der Waals surface area contributed by atoms with Crippen molar-refractivity contribution in [2.75, 3.05) is 20.2 Å². The van der Waals surface area contributed by atoms with E-state index < -0.39 is 0 Å². The summed E-state index contributed by atoms with van der Waals surface area (Å²) < 4.78 is 12.5. The lowest BCUT2D eigenvalue weighted by atomic mass is 10.0. The quantitative estimate of drug-likeness (QED) is 0.723. The molecule has 2 aliphatic rings. The predicted molar refractivity (Wildman–Crippen MR) is 108 cm³/mol. The van der Waals surface area contributed by atoms with Crippen LogP contribution in [0.1, 0.15) is 51.4 Å². The summed E-state index contributed by atoms with van der Waals surface area (Å²) in [6, 6.07) is 5.87. The zero-order valence-corrected chi connectivity index (χ0v) is 16.8. The van der Waals surface area contributed by atoms with Gasteiger partial charge in [0.2, 0.25) is 5.91 Å². The van der Waals surface area contributed by atoms with Gasteiger partial charge in [-0.1, -0.05) is 37.0 Å². The molecule has 1 aromatic carbocycles. The molecule has 1 saturated carbocycles. The van der Waals surface area contributed by atoms with E-state index in [-0.39, 0.29) is 6.10 Å². The Kier molecular flexibility index (Phi) is 5.81. The van der Waals surface area contributed by atoms with Crippen molar-refractivity contribution in [3.8, 4) is 10.9 Å². The molecule has 1 saturated heterocycles. The van der Waals surface area contributed by atoms with Crippen molar-refractivity contribution in [1.29, 1.82) is 0 Å².